The number of isocyanates is 3. The molecule has 19 heavy (non-hydrogen) atoms. The molecule has 0 spiro atoms. The van der Waals surface area contributed by atoms with Gasteiger partial charge in [-0.25, -0.2) is 14.4 Å². The summed E-state index contributed by atoms with van der Waals surface area (Å²) in [5.74, 6) is 0. The molecule has 0 fully saturated rings. The van der Waals surface area contributed by atoms with Crippen LogP contribution in [0.3, 0.4) is 0 Å². The molecule has 0 aromatic heterocycles. The van der Waals surface area contributed by atoms with Gasteiger partial charge in [-0.3, -0.25) is 0 Å². The molecule has 6 heteroatoms. The Morgan fingerprint density at radius 1 is 0.789 bits per heavy atom. The van der Waals surface area contributed by atoms with E-state index in [0.717, 1.165) is 5.39 Å². The molecule has 0 aliphatic rings. The highest BCUT2D eigenvalue weighted by Crippen LogP contribution is 2.37. The van der Waals surface area contributed by atoms with Crippen LogP contribution >= 0.6 is 0 Å². The molecule has 0 bridgehead atoms. The zero-order valence-electron chi connectivity index (χ0n) is 9.45. The number of fused-ring (bicyclic) bond motifs is 1. The fourth-order valence-electron chi connectivity index (χ4n) is 1.71. The Hall–Kier alpha value is -3.16. The quantitative estimate of drug-likeness (QED) is 0.620. The summed E-state index contributed by atoms with van der Waals surface area (Å²) in [4.78, 5) is 41.5. The highest BCUT2D eigenvalue weighted by molar-refractivity contribution is 6.00. The van der Waals surface area contributed by atoms with Crippen LogP contribution < -0.4 is 0 Å². The molecule has 0 unspecified atom stereocenters. The van der Waals surface area contributed by atoms with E-state index in [2.05, 4.69) is 15.0 Å². The third-order valence-corrected chi connectivity index (χ3v) is 2.45. The molecule has 0 saturated carbocycles. The SMILES string of the molecule is O=C=Nc1ccc2ccc(N=C=O)c(N=C=O)c2c1. The van der Waals surface area contributed by atoms with Crippen LogP contribution in [0.5, 0.6) is 0 Å². The minimum atomic E-state index is 0.179. The lowest BCUT2D eigenvalue weighted by Gasteiger charge is -2.04. The second-order valence-corrected chi connectivity index (χ2v) is 3.45. The van der Waals surface area contributed by atoms with E-state index in [4.69, 9.17) is 0 Å². The summed E-state index contributed by atoms with van der Waals surface area (Å²) in [5, 5.41) is 1.28. The van der Waals surface area contributed by atoms with Gasteiger partial charge in [0.05, 0.1) is 5.69 Å². The van der Waals surface area contributed by atoms with Crippen LogP contribution in [-0.2, 0) is 14.4 Å². The van der Waals surface area contributed by atoms with Gasteiger partial charge in [-0.15, -0.1) is 0 Å². The van der Waals surface area contributed by atoms with Crippen molar-refractivity contribution in [1.29, 1.82) is 0 Å². The first kappa shape index (κ1) is 12.3. The van der Waals surface area contributed by atoms with Crippen molar-refractivity contribution < 1.29 is 14.4 Å². The molecular formula is C13H5N3O3. The van der Waals surface area contributed by atoms with Crippen LogP contribution in [-0.4, -0.2) is 18.2 Å². The molecule has 0 saturated heterocycles. The lowest BCUT2D eigenvalue weighted by Crippen LogP contribution is -1.76. The second kappa shape index (κ2) is 5.45. The predicted octanol–water partition coefficient (Wildman–Crippen LogP) is 2.74. The number of benzene rings is 2. The van der Waals surface area contributed by atoms with Gasteiger partial charge < -0.3 is 0 Å². The van der Waals surface area contributed by atoms with E-state index < -0.39 is 0 Å². The first-order valence-corrected chi connectivity index (χ1v) is 5.10. The highest BCUT2D eigenvalue weighted by Gasteiger charge is 2.07. The Balaban J connectivity index is 2.88. The predicted molar refractivity (Wildman–Crippen MR) is 67.3 cm³/mol. The largest absolute Gasteiger partial charge is 0.240 e. The van der Waals surface area contributed by atoms with Crippen molar-refractivity contribution in [1.82, 2.24) is 0 Å². The molecule has 2 aromatic carbocycles. The van der Waals surface area contributed by atoms with E-state index in [-0.39, 0.29) is 11.4 Å². The van der Waals surface area contributed by atoms with Gasteiger partial charge in [0.15, 0.2) is 0 Å². The average Bonchev–Trinajstić information content (AvgIpc) is 2.42. The lowest BCUT2D eigenvalue weighted by molar-refractivity contribution is 0.564. The number of aliphatic imine (C=N–C) groups is 3. The maximum Gasteiger partial charge on any atom is 0.240 e. The van der Waals surface area contributed by atoms with E-state index in [1.807, 2.05) is 0 Å². The van der Waals surface area contributed by atoms with E-state index in [1.54, 1.807) is 24.3 Å². The summed E-state index contributed by atoms with van der Waals surface area (Å²) in [7, 11) is 0. The summed E-state index contributed by atoms with van der Waals surface area (Å²) >= 11 is 0. The minimum absolute atomic E-state index is 0.179. The van der Waals surface area contributed by atoms with Crippen molar-refractivity contribution in [3.63, 3.8) is 0 Å². The smallest absolute Gasteiger partial charge is 0.211 e. The standard InChI is InChI=1S/C13H5N3O3/c17-6-14-10-3-1-9-2-4-12(15-7-18)13(16-8-19)11(9)5-10/h1-5H. The first-order chi connectivity index (χ1) is 9.30. The van der Waals surface area contributed by atoms with Crippen molar-refractivity contribution >= 4 is 46.1 Å². The molecule has 0 N–H and O–H groups in total. The van der Waals surface area contributed by atoms with Crippen molar-refractivity contribution in [2.75, 3.05) is 0 Å². The van der Waals surface area contributed by atoms with Crippen molar-refractivity contribution in [2.24, 2.45) is 15.0 Å². The number of hydrogen-bond acceptors (Lipinski definition) is 6. The summed E-state index contributed by atoms with van der Waals surface area (Å²) in [5.41, 5.74) is 0.731. The molecule has 0 aliphatic heterocycles. The number of hydrogen-bond donors (Lipinski definition) is 0. The second-order valence-electron chi connectivity index (χ2n) is 3.45. The first-order valence-electron chi connectivity index (χ1n) is 5.10. The van der Waals surface area contributed by atoms with Crippen LogP contribution in [0.1, 0.15) is 0 Å². The van der Waals surface area contributed by atoms with Crippen LogP contribution in [0.4, 0.5) is 17.1 Å². The fraction of sp³-hybridized carbons (Fsp3) is 0. The van der Waals surface area contributed by atoms with Crippen LogP contribution in [0.2, 0.25) is 0 Å². The van der Waals surface area contributed by atoms with Gasteiger partial charge in [0.1, 0.15) is 11.4 Å². The molecule has 0 radical (unpaired) electrons. The van der Waals surface area contributed by atoms with E-state index >= 15 is 0 Å². The van der Waals surface area contributed by atoms with Crippen LogP contribution in [0.25, 0.3) is 10.8 Å². The molecule has 0 heterocycles. The Morgan fingerprint density at radius 3 is 2.16 bits per heavy atom. The Kier molecular flexibility index (Phi) is 3.53. The molecule has 2 rings (SSSR count). The lowest BCUT2D eigenvalue weighted by atomic mass is 10.1. The Bertz CT molecular complexity index is 789. The zero-order valence-corrected chi connectivity index (χ0v) is 9.45. The van der Waals surface area contributed by atoms with Crippen LogP contribution in [0, 0.1) is 0 Å². The molecule has 6 nitrogen and oxygen atoms in total. The van der Waals surface area contributed by atoms with Gasteiger partial charge in [-0.05, 0) is 23.6 Å². The monoisotopic (exact) mass is 251 g/mol. The van der Waals surface area contributed by atoms with Gasteiger partial charge in [0.2, 0.25) is 18.2 Å². The van der Waals surface area contributed by atoms with Crippen molar-refractivity contribution in [3.05, 3.63) is 30.3 Å². The van der Waals surface area contributed by atoms with Crippen molar-refractivity contribution in [3.8, 4) is 0 Å². The summed E-state index contributed by atoms with van der Waals surface area (Å²) in [6.07, 6.45) is 4.21. The summed E-state index contributed by atoms with van der Waals surface area (Å²) < 4.78 is 0. The van der Waals surface area contributed by atoms with Gasteiger partial charge in [0.25, 0.3) is 0 Å². The highest BCUT2D eigenvalue weighted by atomic mass is 16.1. The maximum atomic E-state index is 10.5. The van der Waals surface area contributed by atoms with E-state index in [9.17, 15) is 14.4 Å². The summed E-state index contributed by atoms with van der Waals surface area (Å²) in [6, 6.07) is 8.09. The normalized spacial score (nSPS) is 9.05. The number of carbonyl (C=O) groups excluding carboxylic acids is 3. The third-order valence-electron chi connectivity index (χ3n) is 2.45. The zero-order chi connectivity index (χ0) is 13.7. The van der Waals surface area contributed by atoms with Gasteiger partial charge in [0, 0.05) is 5.39 Å². The average molecular weight is 251 g/mol. The molecule has 0 aliphatic carbocycles. The molecule has 0 atom stereocenters. The van der Waals surface area contributed by atoms with Gasteiger partial charge in [-0.2, -0.15) is 15.0 Å². The van der Waals surface area contributed by atoms with Gasteiger partial charge >= 0.3 is 0 Å². The minimum Gasteiger partial charge on any atom is -0.211 e. The number of nitrogens with zero attached hydrogens (tertiary/aromatic N) is 3. The summed E-state index contributed by atoms with van der Waals surface area (Å²) in [6.45, 7) is 0. The molecule has 0 amide bonds. The topological polar surface area (TPSA) is 88.3 Å². The third kappa shape index (κ3) is 2.41. The number of rotatable bonds is 3. The molecule has 2 aromatic rings. The molecular weight excluding hydrogens is 246 g/mol. The Labute approximate surface area is 106 Å². The molecule has 90 valence electrons. The maximum absolute atomic E-state index is 10.5. The van der Waals surface area contributed by atoms with Crippen molar-refractivity contribution in [2.45, 2.75) is 0 Å². The fourth-order valence-corrected chi connectivity index (χ4v) is 1.71. The van der Waals surface area contributed by atoms with Gasteiger partial charge in [-0.1, -0.05) is 12.1 Å². The van der Waals surface area contributed by atoms with Crippen LogP contribution in [0.15, 0.2) is 45.3 Å². The van der Waals surface area contributed by atoms with E-state index in [1.165, 1.54) is 24.3 Å². The van der Waals surface area contributed by atoms with E-state index in [0.29, 0.717) is 11.1 Å². The Morgan fingerprint density at radius 2 is 1.47 bits per heavy atom.